The SMILES string of the molecule is CSCCN1C(=O)C(c2ccccc2)NC(=O)CC1C. The highest BCUT2D eigenvalue weighted by Gasteiger charge is 2.34. The Bertz CT molecular complexity index is 478. The molecule has 0 radical (unpaired) electrons. The zero-order chi connectivity index (χ0) is 14.5. The van der Waals surface area contributed by atoms with Crippen molar-refractivity contribution < 1.29 is 9.59 Å². The van der Waals surface area contributed by atoms with Crippen LogP contribution in [0.5, 0.6) is 0 Å². The van der Waals surface area contributed by atoms with Gasteiger partial charge in [-0.25, -0.2) is 0 Å². The van der Waals surface area contributed by atoms with Gasteiger partial charge in [0.15, 0.2) is 0 Å². The Morgan fingerprint density at radius 1 is 1.30 bits per heavy atom. The van der Waals surface area contributed by atoms with Crippen LogP contribution in [0.3, 0.4) is 0 Å². The summed E-state index contributed by atoms with van der Waals surface area (Å²) in [4.78, 5) is 26.5. The third-order valence-corrected chi connectivity index (χ3v) is 4.11. The van der Waals surface area contributed by atoms with Gasteiger partial charge in [-0.15, -0.1) is 0 Å². The van der Waals surface area contributed by atoms with Crippen molar-refractivity contribution >= 4 is 23.6 Å². The molecule has 1 aliphatic heterocycles. The van der Waals surface area contributed by atoms with Gasteiger partial charge in [-0.3, -0.25) is 9.59 Å². The fraction of sp³-hybridized carbons (Fsp3) is 0.467. The summed E-state index contributed by atoms with van der Waals surface area (Å²) in [5.74, 6) is 0.807. The first kappa shape index (κ1) is 14.9. The minimum atomic E-state index is -0.560. The molecule has 2 amide bonds. The van der Waals surface area contributed by atoms with E-state index in [1.165, 1.54) is 0 Å². The lowest BCUT2D eigenvalue weighted by molar-refractivity contribution is -0.134. The number of amides is 2. The van der Waals surface area contributed by atoms with Crippen LogP contribution in [0.1, 0.15) is 24.9 Å². The molecule has 2 unspecified atom stereocenters. The monoisotopic (exact) mass is 292 g/mol. The average Bonchev–Trinajstić information content (AvgIpc) is 2.55. The molecule has 1 heterocycles. The van der Waals surface area contributed by atoms with E-state index in [1.807, 2.05) is 48.4 Å². The van der Waals surface area contributed by atoms with Crippen LogP contribution < -0.4 is 5.32 Å². The predicted molar refractivity (Wildman–Crippen MR) is 81.5 cm³/mol. The second kappa shape index (κ2) is 6.79. The first-order chi connectivity index (χ1) is 9.63. The van der Waals surface area contributed by atoms with Crippen molar-refractivity contribution in [3.63, 3.8) is 0 Å². The first-order valence-electron chi connectivity index (χ1n) is 6.77. The van der Waals surface area contributed by atoms with Gasteiger partial charge in [-0.1, -0.05) is 30.3 Å². The van der Waals surface area contributed by atoms with E-state index < -0.39 is 6.04 Å². The number of thioether (sulfide) groups is 1. The van der Waals surface area contributed by atoms with Gasteiger partial charge >= 0.3 is 0 Å². The van der Waals surface area contributed by atoms with Crippen LogP contribution in [0, 0.1) is 0 Å². The van der Waals surface area contributed by atoms with Gasteiger partial charge < -0.3 is 10.2 Å². The molecule has 0 bridgehead atoms. The zero-order valence-electron chi connectivity index (χ0n) is 11.8. The van der Waals surface area contributed by atoms with E-state index in [9.17, 15) is 9.59 Å². The molecule has 0 saturated carbocycles. The minimum absolute atomic E-state index is 0.0106. The van der Waals surface area contributed by atoms with Crippen LogP contribution in [0.2, 0.25) is 0 Å². The van der Waals surface area contributed by atoms with E-state index in [1.54, 1.807) is 11.8 Å². The maximum absolute atomic E-state index is 12.7. The molecule has 20 heavy (non-hydrogen) atoms. The minimum Gasteiger partial charge on any atom is -0.340 e. The molecular weight excluding hydrogens is 272 g/mol. The maximum Gasteiger partial charge on any atom is 0.250 e. The number of nitrogens with zero attached hydrogens (tertiary/aromatic N) is 1. The average molecular weight is 292 g/mol. The largest absolute Gasteiger partial charge is 0.340 e. The molecule has 108 valence electrons. The lowest BCUT2D eigenvalue weighted by Gasteiger charge is -2.28. The van der Waals surface area contributed by atoms with E-state index >= 15 is 0 Å². The molecule has 2 atom stereocenters. The standard InChI is InChI=1S/C15H20N2O2S/c1-11-10-13(18)16-14(12-6-4-3-5-7-12)15(19)17(11)8-9-20-2/h3-7,11,14H,8-10H2,1-2H3,(H,16,18). The molecular formula is C15H20N2O2S. The second-order valence-electron chi connectivity index (χ2n) is 4.99. The van der Waals surface area contributed by atoms with Crippen molar-refractivity contribution in [3.05, 3.63) is 35.9 Å². The van der Waals surface area contributed by atoms with E-state index in [4.69, 9.17) is 0 Å². The Kier molecular flexibility index (Phi) is 5.06. The molecule has 1 aromatic rings. The summed E-state index contributed by atoms with van der Waals surface area (Å²) in [6.07, 6.45) is 2.38. The summed E-state index contributed by atoms with van der Waals surface area (Å²) in [7, 11) is 0. The summed E-state index contributed by atoms with van der Waals surface area (Å²) in [6, 6.07) is 8.82. The van der Waals surface area contributed by atoms with Crippen LogP contribution >= 0.6 is 11.8 Å². The van der Waals surface area contributed by atoms with E-state index in [0.717, 1.165) is 11.3 Å². The number of benzene rings is 1. The third kappa shape index (κ3) is 3.33. The molecule has 1 fully saturated rings. The van der Waals surface area contributed by atoms with Crippen molar-refractivity contribution in [1.82, 2.24) is 10.2 Å². The summed E-state index contributed by atoms with van der Waals surface area (Å²) in [5, 5.41) is 2.84. The van der Waals surface area contributed by atoms with Gasteiger partial charge in [0.2, 0.25) is 11.8 Å². The van der Waals surface area contributed by atoms with E-state index in [-0.39, 0.29) is 17.9 Å². The van der Waals surface area contributed by atoms with Crippen molar-refractivity contribution in [2.45, 2.75) is 25.4 Å². The number of carbonyl (C=O) groups excluding carboxylic acids is 2. The number of hydrogen-bond acceptors (Lipinski definition) is 3. The number of nitrogens with one attached hydrogen (secondary N) is 1. The Labute approximate surface area is 123 Å². The van der Waals surface area contributed by atoms with E-state index in [2.05, 4.69) is 5.32 Å². The molecule has 1 N–H and O–H groups in total. The predicted octanol–water partition coefficient (Wildman–Crippen LogP) is 1.83. The van der Waals surface area contributed by atoms with E-state index in [0.29, 0.717) is 13.0 Å². The molecule has 0 aliphatic carbocycles. The summed E-state index contributed by atoms with van der Waals surface area (Å²) in [6.45, 7) is 2.62. The summed E-state index contributed by atoms with van der Waals surface area (Å²) >= 11 is 1.70. The highest BCUT2D eigenvalue weighted by atomic mass is 32.2. The van der Waals surface area contributed by atoms with Gasteiger partial charge in [0.25, 0.3) is 0 Å². The van der Waals surface area contributed by atoms with Crippen molar-refractivity contribution in [3.8, 4) is 0 Å². The summed E-state index contributed by atoms with van der Waals surface area (Å²) < 4.78 is 0. The molecule has 0 spiro atoms. The van der Waals surface area contributed by atoms with Crippen LogP contribution in [-0.4, -0.2) is 41.3 Å². The Morgan fingerprint density at radius 2 is 2.00 bits per heavy atom. The van der Waals surface area contributed by atoms with Crippen molar-refractivity contribution in [1.29, 1.82) is 0 Å². The first-order valence-corrected chi connectivity index (χ1v) is 8.16. The topological polar surface area (TPSA) is 49.4 Å². The van der Waals surface area contributed by atoms with Crippen LogP contribution in [0.15, 0.2) is 30.3 Å². The van der Waals surface area contributed by atoms with Gasteiger partial charge in [-0.05, 0) is 18.7 Å². The third-order valence-electron chi connectivity index (χ3n) is 3.52. The van der Waals surface area contributed by atoms with Gasteiger partial charge in [-0.2, -0.15) is 11.8 Å². The highest BCUT2D eigenvalue weighted by Crippen LogP contribution is 2.22. The highest BCUT2D eigenvalue weighted by molar-refractivity contribution is 7.98. The quantitative estimate of drug-likeness (QED) is 0.921. The molecule has 1 saturated heterocycles. The smallest absolute Gasteiger partial charge is 0.250 e. The second-order valence-corrected chi connectivity index (χ2v) is 5.97. The van der Waals surface area contributed by atoms with Crippen LogP contribution in [0.25, 0.3) is 0 Å². The lowest BCUT2D eigenvalue weighted by Crippen LogP contribution is -2.42. The van der Waals surface area contributed by atoms with Crippen LogP contribution in [-0.2, 0) is 9.59 Å². The van der Waals surface area contributed by atoms with Crippen LogP contribution in [0.4, 0.5) is 0 Å². The Morgan fingerprint density at radius 3 is 2.65 bits per heavy atom. The number of carbonyl (C=O) groups is 2. The molecule has 1 aromatic carbocycles. The molecule has 4 nitrogen and oxygen atoms in total. The molecule has 0 aromatic heterocycles. The maximum atomic E-state index is 12.7. The number of hydrogen-bond donors (Lipinski definition) is 1. The summed E-state index contributed by atoms with van der Waals surface area (Å²) in [5.41, 5.74) is 0.842. The van der Waals surface area contributed by atoms with Gasteiger partial charge in [0.05, 0.1) is 0 Å². The Balaban J connectivity index is 2.26. The van der Waals surface area contributed by atoms with Gasteiger partial charge in [0.1, 0.15) is 6.04 Å². The fourth-order valence-corrected chi connectivity index (χ4v) is 2.81. The molecule has 2 rings (SSSR count). The molecule has 5 heteroatoms. The number of rotatable bonds is 4. The van der Waals surface area contributed by atoms with Crippen molar-refractivity contribution in [2.24, 2.45) is 0 Å². The van der Waals surface area contributed by atoms with Gasteiger partial charge in [0, 0.05) is 24.8 Å². The fourth-order valence-electron chi connectivity index (χ4n) is 2.43. The Hall–Kier alpha value is -1.49. The van der Waals surface area contributed by atoms with Crippen molar-refractivity contribution in [2.75, 3.05) is 18.6 Å². The zero-order valence-corrected chi connectivity index (χ0v) is 12.7. The lowest BCUT2D eigenvalue weighted by atomic mass is 10.1. The molecule has 1 aliphatic rings. The normalized spacial score (nSPS) is 23.4.